The molecule has 0 saturated carbocycles. The predicted molar refractivity (Wildman–Crippen MR) is 96.0 cm³/mol. The highest BCUT2D eigenvalue weighted by molar-refractivity contribution is 5.63. The quantitative estimate of drug-likeness (QED) is 0.637. The van der Waals surface area contributed by atoms with Crippen LogP contribution in [0.5, 0.6) is 0 Å². The zero-order valence-corrected chi connectivity index (χ0v) is 14.2. The standard InChI is InChI=1S/C19H17F3N4/c1-12-6-8-15(9-7-12)25-17-11-18(24-13(2)23-17)26-16-5-3-4-14(10-16)19(20,21)22/h3-11H,1-2H3,(H2,23,24,25,26). The van der Waals surface area contributed by atoms with Crippen LogP contribution in [-0.2, 0) is 6.18 Å². The molecule has 1 aromatic heterocycles. The molecule has 0 radical (unpaired) electrons. The van der Waals surface area contributed by atoms with Crippen LogP contribution in [0.2, 0.25) is 0 Å². The summed E-state index contributed by atoms with van der Waals surface area (Å²) in [6.45, 7) is 3.72. The molecular weight excluding hydrogens is 341 g/mol. The Morgan fingerprint density at radius 3 is 2.00 bits per heavy atom. The summed E-state index contributed by atoms with van der Waals surface area (Å²) in [5, 5.41) is 6.06. The first-order valence-corrected chi connectivity index (χ1v) is 7.93. The van der Waals surface area contributed by atoms with Crippen molar-refractivity contribution in [3.8, 4) is 0 Å². The number of nitrogens with one attached hydrogen (secondary N) is 2. The van der Waals surface area contributed by atoms with E-state index in [1.54, 1.807) is 19.1 Å². The molecule has 1 heterocycles. The third kappa shape index (κ3) is 4.50. The van der Waals surface area contributed by atoms with Gasteiger partial charge in [0.25, 0.3) is 0 Å². The number of hydrogen-bond donors (Lipinski definition) is 2. The van der Waals surface area contributed by atoms with Gasteiger partial charge in [0.1, 0.15) is 17.5 Å². The predicted octanol–water partition coefficient (Wildman–Crippen LogP) is 5.60. The van der Waals surface area contributed by atoms with Gasteiger partial charge in [-0.05, 0) is 44.2 Å². The van der Waals surface area contributed by atoms with Crippen LogP contribution in [-0.4, -0.2) is 9.97 Å². The number of hydrogen-bond acceptors (Lipinski definition) is 4. The van der Waals surface area contributed by atoms with Crippen LogP contribution in [0.4, 0.5) is 36.2 Å². The van der Waals surface area contributed by atoms with Crippen molar-refractivity contribution in [1.29, 1.82) is 0 Å². The minimum absolute atomic E-state index is 0.305. The Kier molecular flexibility index (Phi) is 4.79. The van der Waals surface area contributed by atoms with E-state index in [-0.39, 0.29) is 0 Å². The van der Waals surface area contributed by atoms with Gasteiger partial charge in [0.15, 0.2) is 0 Å². The molecule has 0 aliphatic rings. The summed E-state index contributed by atoms with van der Waals surface area (Å²) in [7, 11) is 0. The first-order chi connectivity index (χ1) is 12.3. The number of anilines is 4. The first-order valence-electron chi connectivity index (χ1n) is 7.93. The number of benzene rings is 2. The molecular formula is C19H17F3N4. The smallest absolute Gasteiger partial charge is 0.340 e. The van der Waals surface area contributed by atoms with Crippen LogP contribution < -0.4 is 10.6 Å². The second-order valence-electron chi connectivity index (χ2n) is 5.88. The molecule has 0 spiro atoms. The lowest BCUT2D eigenvalue weighted by Crippen LogP contribution is -2.06. The third-order valence-electron chi connectivity index (χ3n) is 3.62. The molecule has 0 saturated heterocycles. The number of rotatable bonds is 4. The van der Waals surface area contributed by atoms with Crippen molar-refractivity contribution in [1.82, 2.24) is 9.97 Å². The SMILES string of the molecule is Cc1ccc(Nc2cc(Nc3cccc(C(F)(F)F)c3)nc(C)n2)cc1. The van der Waals surface area contributed by atoms with Crippen LogP contribution >= 0.6 is 0 Å². The zero-order chi connectivity index (χ0) is 18.7. The Bertz CT molecular complexity index is 905. The number of aryl methyl sites for hydroxylation is 2. The minimum atomic E-state index is -4.39. The lowest BCUT2D eigenvalue weighted by molar-refractivity contribution is -0.137. The average Bonchev–Trinajstić information content (AvgIpc) is 2.56. The van der Waals surface area contributed by atoms with E-state index in [1.165, 1.54) is 6.07 Å². The maximum atomic E-state index is 12.8. The normalized spacial score (nSPS) is 11.3. The summed E-state index contributed by atoms with van der Waals surface area (Å²) in [6, 6.07) is 14.4. The van der Waals surface area contributed by atoms with Crippen LogP contribution in [0.1, 0.15) is 17.0 Å². The molecule has 4 nitrogen and oxygen atoms in total. The summed E-state index contributed by atoms with van der Waals surface area (Å²) >= 11 is 0. The molecule has 0 aliphatic carbocycles. The number of halogens is 3. The highest BCUT2D eigenvalue weighted by Crippen LogP contribution is 2.31. The van der Waals surface area contributed by atoms with Crippen molar-refractivity contribution >= 4 is 23.0 Å². The van der Waals surface area contributed by atoms with Gasteiger partial charge in [0.05, 0.1) is 5.56 Å². The summed E-state index contributed by atoms with van der Waals surface area (Å²) < 4.78 is 38.5. The molecule has 7 heteroatoms. The molecule has 0 aliphatic heterocycles. The summed E-state index contributed by atoms with van der Waals surface area (Å²) in [5.74, 6) is 1.46. The van der Waals surface area contributed by atoms with Crippen molar-refractivity contribution in [2.75, 3.05) is 10.6 Å². The Balaban J connectivity index is 1.83. The van der Waals surface area contributed by atoms with E-state index in [9.17, 15) is 13.2 Å². The van der Waals surface area contributed by atoms with Crippen molar-refractivity contribution in [2.45, 2.75) is 20.0 Å². The minimum Gasteiger partial charge on any atom is -0.340 e. The van der Waals surface area contributed by atoms with Gasteiger partial charge in [-0.15, -0.1) is 0 Å². The molecule has 0 amide bonds. The van der Waals surface area contributed by atoms with Crippen LogP contribution in [0.3, 0.4) is 0 Å². The van der Waals surface area contributed by atoms with Gasteiger partial charge in [0, 0.05) is 17.4 Å². The van der Waals surface area contributed by atoms with E-state index in [0.717, 1.165) is 23.4 Å². The molecule has 0 fully saturated rings. The maximum Gasteiger partial charge on any atom is 0.416 e. The molecule has 0 atom stereocenters. The Labute approximate surface area is 149 Å². The fourth-order valence-electron chi connectivity index (χ4n) is 2.40. The highest BCUT2D eigenvalue weighted by Gasteiger charge is 2.30. The second kappa shape index (κ2) is 7.03. The van der Waals surface area contributed by atoms with Crippen molar-refractivity contribution in [2.24, 2.45) is 0 Å². The van der Waals surface area contributed by atoms with Gasteiger partial charge in [-0.25, -0.2) is 9.97 Å². The molecule has 0 bridgehead atoms. The topological polar surface area (TPSA) is 49.8 Å². The summed E-state index contributed by atoms with van der Waals surface area (Å²) in [6.07, 6.45) is -4.39. The summed E-state index contributed by atoms with van der Waals surface area (Å²) in [4.78, 5) is 8.54. The van der Waals surface area contributed by atoms with E-state index in [1.807, 2.05) is 31.2 Å². The van der Waals surface area contributed by atoms with Crippen molar-refractivity contribution < 1.29 is 13.2 Å². The van der Waals surface area contributed by atoms with Crippen LogP contribution in [0, 0.1) is 13.8 Å². The average molecular weight is 358 g/mol. The van der Waals surface area contributed by atoms with Gasteiger partial charge in [-0.1, -0.05) is 23.8 Å². The van der Waals surface area contributed by atoms with Gasteiger partial charge >= 0.3 is 6.18 Å². The fraction of sp³-hybridized carbons (Fsp3) is 0.158. The molecule has 0 unspecified atom stereocenters. The first kappa shape index (κ1) is 17.7. The molecule has 3 rings (SSSR count). The van der Waals surface area contributed by atoms with Crippen molar-refractivity contribution in [3.05, 3.63) is 71.5 Å². The van der Waals surface area contributed by atoms with Gasteiger partial charge in [0.2, 0.25) is 0 Å². The van der Waals surface area contributed by atoms with Crippen LogP contribution in [0.25, 0.3) is 0 Å². The van der Waals surface area contributed by atoms with Gasteiger partial charge in [-0.2, -0.15) is 13.2 Å². The number of alkyl halides is 3. The number of nitrogens with zero attached hydrogens (tertiary/aromatic N) is 2. The lowest BCUT2D eigenvalue weighted by atomic mass is 10.2. The molecule has 3 aromatic rings. The van der Waals surface area contributed by atoms with Crippen LogP contribution in [0.15, 0.2) is 54.6 Å². The second-order valence-corrected chi connectivity index (χ2v) is 5.88. The molecule has 2 N–H and O–H groups in total. The van der Waals surface area contributed by atoms with E-state index < -0.39 is 11.7 Å². The van der Waals surface area contributed by atoms with E-state index in [4.69, 9.17) is 0 Å². The van der Waals surface area contributed by atoms with E-state index in [2.05, 4.69) is 20.6 Å². The molecule has 2 aromatic carbocycles. The highest BCUT2D eigenvalue weighted by atomic mass is 19.4. The van der Waals surface area contributed by atoms with E-state index >= 15 is 0 Å². The Hall–Kier alpha value is -3.09. The summed E-state index contributed by atoms with van der Waals surface area (Å²) in [5.41, 5.74) is 1.59. The van der Waals surface area contributed by atoms with E-state index in [0.29, 0.717) is 23.1 Å². The van der Waals surface area contributed by atoms with Gasteiger partial charge < -0.3 is 10.6 Å². The lowest BCUT2D eigenvalue weighted by Gasteiger charge is -2.12. The Morgan fingerprint density at radius 1 is 0.769 bits per heavy atom. The largest absolute Gasteiger partial charge is 0.416 e. The molecule has 26 heavy (non-hydrogen) atoms. The monoisotopic (exact) mass is 358 g/mol. The molecule has 134 valence electrons. The zero-order valence-electron chi connectivity index (χ0n) is 14.2. The fourth-order valence-corrected chi connectivity index (χ4v) is 2.40. The Morgan fingerprint density at radius 2 is 1.38 bits per heavy atom. The van der Waals surface area contributed by atoms with Crippen molar-refractivity contribution in [3.63, 3.8) is 0 Å². The maximum absolute atomic E-state index is 12.8. The number of aromatic nitrogens is 2. The third-order valence-corrected chi connectivity index (χ3v) is 3.62. The van der Waals surface area contributed by atoms with Gasteiger partial charge in [-0.3, -0.25) is 0 Å².